The van der Waals surface area contributed by atoms with Gasteiger partial charge in [0, 0.05) is 22.6 Å². The second-order valence-corrected chi connectivity index (χ2v) is 5.23. The van der Waals surface area contributed by atoms with Crippen LogP contribution < -0.4 is 0 Å². The third kappa shape index (κ3) is 2.79. The lowest BCUT2D eigenvalue weighted by Crippen LogP contribution is -2.29. The highest BCUT2D eigenvalue weighted by Crippen LogP contribution is 2.34. The van der Waals surface area contributed by atoms with Gasteiger partial charge in [-0.1, -0.05) is 37.6 Å². The molecule has 116 valence electrons. The minimum absolute atomic E-state index is 0.0240. The zero-order chi connectivity index (χ0) is 16.3. The van der Waals surface area contributed by atoms with Gasteiger partial charge in [-0.2, -0.15) is 0 Å². The Morgan fingerprint density at radius 2 is 1.82 bits per heavy atom. The Balaban J connectivity index is 2.52. The fourth-order valence-electron chi connectivity index (χ4n) is 2.75. The fourth-order valence-corrected chi connectivity index (χ4v) is 2.75. The summed E-state index contributed by atoms with van der Waals surface area (Å²) in [6.45, 7) is 1.91. The molecule has 22 heavy (non-hydrogen) atoms. The number of rotatable bonds is 5. The largest absolute Gasteiger partial charge is 0.507 e. The molecule has 0 unspecified atom stereocenters. The summed E-state index contributed by atoms with van der Waals surface area (Å²) in [4.78, 5) is 36.1. The first-order chi connectivity index (χ1) is 10.5. The van der Waals surface area contributed by atoms with Gasteiger partial charge in [-0.15, -0.1) is 0 Å². The van der Waals surface area contributed by atoms with Gasteiger partial charge < -0.3 is 9.84 Å². The Labute approximate surface area is 128 Å². The van der Waals surface area contributed by atoms with E-state index in [1.54, 1.807) is 18.2 Å². The van der Waals surface area contributed by atoms with Crippen LogP contribution >= 0.6 is 0 Å². The molecule has 0 radical (unpaired) electrons. The lowest BCUT2D eigenvalue weighted by molar-refractivity contribution is -0.141. The lowest BCUT2D eigenvalue weighted by Gasteiger charge is -2.23. The maximum absolute atomic E-state index is 12.4. The SMILES string of the molecule is CCC[C@H](CC(=O)OC)C1=C(O)c2ccccc2C(=O)C1=O. The van der Waals surface area contributed by atoms with Crippen molar-refractivity contribution in [2.45, 2.75) is 26.2 Å². The Morgan fingerprint density at radius 1 is 1.18 bits per heavy atom. The van der Waals surface area contributed by atoms with Crippen molar-refractivity contribution in [1.29, 1.82) is 0 Å². The first kappa shape index (κ1) is 15.9. The van der Waals surface area contributed by atoms with Gasteiger partial charge in [0.1, 0.15) is 5.76 Å². The number of fused-ring (bicyclic) bond motifs is 1. The van der Waals surface area contributed by atoms with Crippen molar-refractivity contribution in [2.24, 2.45) is 5.92 Å². The highest BCUT2D eigenvalue weighted by Gasteiger charge is 2.37. The first-order valence-electron chi connectivity index (χ1n) is 7.19. The summed E-state index contributed by atoms with van der Waals surface area (Å²) in [5, 5.41) is 10.4. The van der Waals surface area contributed by atoms with E-state index in [1.807, 2.05) is 6.92 Å². The van der Waals surface area contributed by atoms with Crippen LogP contribution in [0.3, 0.4) is 0 Å². The molecule has 0 heterocycles. The first-order valence-corrected chi connectivity index (χ1v) is 7.19. The summed E-state index contributed by atoms with van der Waals surface area (Å²) in [6, 6.07) is 6.43. The Hall–Kier alpha value is -2.43. The number of methoxy groups -OCH3 is 1. The van der Waals surface area contributed by atoms with E-state index in [9.17, 15) is 19.5 Å². The average Bonchev–Trinajstić information content (AvgIpc) is 2.53. The molecule has 0 bridgehead atoms. The molecule has 0 saturated carbocycles. The standard InChI is InChI=1S/C17H18O5/c1-3-6-10(9-13(18)22-2)14-15(19)11-7-4-5-8-12(11)16(20)17(14)21/h4-5,7-8,10,19H,3,6,9H2,1-2H3/t10-/m1/s1. The number of aliphatic hydroxyl groups excluding tert-OH is 1. The van der Waals surface area contributed by atoms with Crippen LogP contribution in [0.1, 0.15) is 42.1 Å². The number of ether oxygens (including phenoxy) is 1. The molecule has 0 saturated heterocycles. The van der Waals surface area contributed by atoms with Gasteiger partial charge in [0.2, 0.25) is 11.6 Å². The molecule has 0 aromatic heterocycles. The van der Waals surface area contributed by atoms with Gasteiger partial charge in [0.05, 0.1) is 13.5 Å². The monoisotopic (exact) mass is 302 g/mol. The highest BCUT2D eigenvalue weighted by molar-refractivity contribution is 6.52. The second kappa shape index (κ2) is 6.56. The number of carbonyl (C=O) groups is 3. The number of hydrogen-bond acceptors (Lipinski definition) is 5. The van der Waals surface area contributed by atoms with Gasteiger partial charge in [-0.3, -0.25) is 14.4 Å². The van der Waals surface area contributed by atoms with Gasteiger partial charge in [-0.25, -0.2) is 0 Å². The molecule has 5 heteroatoms. The van der Waals surface area contributed by atoms with E-state index >= 15 is 0 Å². The number of ketones is 2. The molecule has 0 fully saturated rings. The van der Waals surface area contributed by atoms with Crippen LogP contribution in [-0.4, -0.2) is 29.8 Å². The second-order valence-electron chi connectivity index (χ2n) is 5.23. The smallest absolute Gasteiger partial charge is 0.306 e. The van der Waals surface area contributed by atoms with Gasteiger partial charge in [-0.05, 0) is 6.42 Å². The van der Waals surface area contributed by atoms with Crippen LogP contribution in [0.4, 0.5) is 0 Å². The van der Waals surface area contributed by atoms with E-state index in [-0.39, 0.29) is 23.3 Å². The van der Waals surface area contributed by atoms with Crippen molar-refractivity contribution >= 4 is 23.3 Å². The molecule has 0 spiro atoms. The fraction of sp³-hybridized carbons (Fsp3) is 0.353. The van der Waals surface area contributed by atoms with Crippen LogP contribution in [0.5, 0.6) is 0 Å². The summed E-state index contributed by atoms with van der Waals surface area (Å²) in [7, 11) is 1.27. The van der Waals surface area contributed by atoms with Gasteiger partial charge in [0.25, 0.3) is 0 Å². The molecular weight excluding hydrogens is 284 g/mol. The van der Waals surface area contributed by atoms with Crippen molar-refractivity contribution in [3.63, 3.8) is 0 Å². The van der Waals surface area contributed by atoms with Crippen molar-refractivity contribution in [3.05, 3.63) is 41.0 Å². The van der Waals surface area contributed by atoms with Crippen molar-refractivity contribution in [1.82, 2.24) is 0 Å². The van der Waals surface area contributed by atoms with Crippen molar-refractivity contribution in [2.75, 3.05) is 7.11 Å². The quantitative estimate of drug-likeness (QED) is 0.668. The molecule has 1 aromatic rings. The summed E-state index contributed by atoms with van der Waals surface area (Å²) in [5.74, 6) is -2.59. The number of allylic oxidation sites excluding steroid dienone is 1. The third-order valence-corrected chi connectivity index (χ3v) is 3.82. The molecule has 1 atom stereocenters. The Kier molecular flexibility index (Phi) is 4.75. The normalized spacial score (nSPS) is 15.5. The van der Waals surface area contributed by atoms with E-state index in [0.29, 0.717) is 18.4 Å². The lowest BCUT2D eigenvalue weighted by atomic mass is 9.79. The van der Waals surface area contributed by atoms with Gasteiger partial charge in [0.15, 0.2) is 0 Å². The Morgan fingerprint density at radius 3 is 2.41 bits per heavy atom. The average molecular weight is 302 g/mol. The summed E-state index contributed by atoms with van der Waals surface area (Å²) < 4.78 is 4.65. The molecule has 2 rings (SSSR count). The van der Waals surface area contributed by atoms with Crippen LogP contribution in [-0.2, 0) is 14.3 Å². The van der Waals surface area contributed by atoms with Crippen molar-refractivity contribution < 1.29 is 24.2 Å². The van der Waals surface area contributed by atoms with Crippen LogP contribution in [0, 0.1) is 5.92 Å². The van der Waals surface area contributed by atoms with E-state index in [2.05, 4.69) is 4.74 Å². The molecule has 5 nitrogen and oxygen atoms in total. The van der Waals surface area contributed by atoms with E-state index < -0.39 is 23.5 Å². The summed E-state index contributed by atoms with van der Waals surface area (Å²) >= 11 is 0. The maximum atomic E-state index is 12.4. The number of esters is 1. The van der Waals surface area contributed by atoms with Crippen molar-refractivity contribution in [3.8, 4) is 0 Å². The number of aliphatic hydroxyl groups is 1. The Bertz CT molecular complexity index is 657. The highest BCUT2D eigenvalue weighted by atomic mass is 16.5. The molecule has 1 aliphatic carbocycles. The van der Waals surface area contributed by atoms with Crippen LogP contribution in [0.25, 0.3) is 5.76 Å². The van der Waals surface area contributed by atoms with E-state index in [1.165, 1.54) is 13.2 Å². The molecule has 0 aliphatic heterocycles. The minimum Gasteiger partial charge on any atom is -0.507 e. The molecule has 1 aromatic carbocycles. The number of Topliss-reactive ketones (excluding diaryl/α,β-unsaturated/α-hetero) is 2. The number of benzene rings is 1. The molecule has 1 aliphatic rings. The summed E-state index contributed by atoms with van der Waals surface area (Å²) in [5.41, 5.74) is 0.561. The van der Waals surface area contributed by atoms with Gasteiger partial charge >= 0.3 is 5.97 Å². The van der Waals surface area contributed by atoms with E-state index in [0.717, 1.165) is 0 Å². The molecule has 0 amide bonds. The summed E-state index contributed by atoms with van der Waals surface area (Å²) in [6.07, 6.45) is 1.18. The maximum Gasteiger partial charge on any atom is 0.306 e. The number of hydrogen-bond donors (Lipinski definition) is 1. The third-order valence-electron chi connectivity index (χ3n) is 3.82. The minimum atomic E-state index is -0.737. The zero-order valence-corrected chi connectivity index (χ0v) is 12.6. The van der Waals surface area contributed by atoms with Crippen LogP contribution in [0.15, 0.2) is 29.8 Å². The number of carbonyl (C=O) groups excluding carboxylic acids is 3. The topological polar surface area (TPSA) is 80.7 Å². The predicted octanol–water partition coefficient (Wildman–Crippen LogP) is 2.70. The molecule has 1 N–H and O–H groups in total. The zero-order valence-electron chi connectivity index (χ0n) is 12.6. The molecular formula is C17H18O5. The van der Waals surface area contributed by atoms with E-state index in [4.69, 9.17) is 0 Å². The predicted molar refractivity (Wildman–Crippen MR) is 80.4 cm³/mol. The van der Waals surface area contributed by atoms with Crippen LogP contribution in [0.2, 0.25) is 0 Å².